The lowest BCUT2D eigenvalue weighted by atomic mass is 9.72. The Kier molecular flexibility index (Phi) is 6.17. The van der Waals surface area contributed by atoms with Gasteiger partial charge >= 0.3 is 6.18 Å². The van der Waals surface area contributed by atoms with Gasteiger partial charge in [-0.3, -0.25) is 0 Å². The van der Waals surface area contributed by atoms with Gasteiger partial charge in [-0.05, 0) is 59.9 Å². The molecular formula is C22H19Cl2F4NO2. The maximum Gasteiger partial charge on any atom is 0.417 e. The molecule has 3 aromatic rings. The van der Waals surface area contributed by atoms with Crippen LogP contribution in [0.1, 0.15) is 31.4 Å². The van der Waals surface area contributed by atoms with Crippen molar-refractivity contribution in [2.24, 2.45) is 0 Å². The van der Waals surface area contributed by atoms with Gasteiger partial charge in [0.05, 0.1) is 5.52 Å². The van der Waals surface area contributed by atoms with E-state index in [9.17, 15) is 27.8 Å². The summed E-state index contributed by atoms with van der Waals surface area (Å²) >= 11 is 12.0. The Balaban J connectivity index is 2.10. The lowest BCUT2D eigenvalue weighted by molar-refractivity contribution is -0.266. The first-order valence-electron chi connectivity index (χ1n) is 9.25. The molecule has 166 valence electrons. The van der Waals surface area contributed by atoms with Gasteiger partial charge in [-0.2, -0.15) is 13.2 Å². The van der Waals surface area contributed by atoms with Gasteiger partial charge in [-0.1, -0.05) is 37.0 Å². The first-order chi connectivity index (χ1) is 14.2. The van der Waals surface area contributed by atoms with E-state index in [0.29, 0.717) is 15.9 Å². The molecule has 2 aromatic carbocycles. The lowest BCUT2D eigenvalue weighted by Gasteiger charge is -2.38. The van der Waals surface area contributed by atoms with Gasteiger partial charge in [0.15, 0.2) is 5.60 Å². The van der Waals surface area contributed by atoms with Crippen LogP contribution in [0.15, 0.2) is 42.5 Å². The van der Waals surface area contributed by atoms with E-state index in [2.05, 4.69) is 4.98 Å². The zero-order valence-electron chi connectivity index (χ0n) is 16.6. The molecule has 0 saturated heterocycles. The van der Waals surface area contributed by atoms with E-state index >= 15 is 0 Å². The number of aliphatic hydroxyl groups is 1. The van der Waals surface area contributed by atoms with Crippen LogP contribution in [0.5, 0.6) is 5.75 Å². The minimum atomic E-state index is -5.03. The highest BCUT2D eigenvalue weighted by Crippen LogP contribution is 2.45. The van der Waals surface area contributed by atoms with Crippen molar-refractivity contribution in [1.29, 1.82) is 0 Å². The van der Waals surface area contributed by atoms with Gasteiger partial charge in [-0.15, -0.1) is 0 Å². The smallest absolute Gasteiger partial charge is 0.417 e. The number of alkyl halides is 3. The predicted octanol–water partition coefficient (Wildman–Crippen LogP) is 6.59. The van der Waals surface area contributed by atoms with Gasteiger partial charge in [0, 0.05) is 22.4 Å². The molecule has 1 atom stereocenters. The third-order valence-electron chi connectivity index (χ3n) is 5.26. The molecule has 0 aliphatic heterocycles. The minimum Gasteiger partial charge on any atom is -0.508 e. The second-order valence-electron chi connectivity index (χ2n) is 8.19. The van der Waals surface area contributed by atoms with E-state index in [0.717, 1.165) is 18.2 Å². The molecule has 3 rings (SSSR count). The zero-order chi connectivity index (χ0) is 23.2. The summed E-state index contributed by atoms with van der Waals surface area (Å²) in [6.07, 6.45) is -6.72. The van der Waals surface area contributed by atoms with Gasteiger partial charge in [-0.25, -0.2) is 9.37 Å². The fraction of sp³-hybridized carbons (Fsp3) is 0.318. The van der Waals surface area contributed by atoms with Gasteiger partial charge in [0.25, 0.3) is 0 Å². The molecule has 0 bridgehead atoms. The third kappa shape index (κ3) is 4.89. The van der Waals surface area contributed by atoms with E-state index < -0.39 is 35.9 Å². The Morgan fingerprint density at radius 2 is 1.68 bits per heavy atom. The Morgan fingerprint density at radius 3 is 2.32 bits per heavy atom. The van der Waals surface area contributed by atoms with Crippen molar-refractivity contribution in [1.82, 2.24) is 4.98 Å². The molecule has 1 unspecified atom stereocenters. The largest absolute Gasteiger partial charge is 0.508 e. The number of hydrogen-bond acceptors (Lipinski definition) is 3. The maximum atomic E-state index is 14.1. The SMILES string of the molecule is CC(C)(CC(O)(Cc1cc(Cl)nc2ccc(Cl)cc12)C(F)(F)F)c1cc(F)ccc1O. The van der Waals surface area contributed by atoms with Crippen LogP contribution in [0.3, 0.4) is 0 Å². The molecular weight excluding hydrogens is 457 g/mol. The number of aromatic nitrogens is 1. The molecule has 0 saturated carbocycles. The highest BCUT2D eigenvalue weighted by atomic mass is 35.5. The van der Waals surface area contributed by atoms with E-state index in [1.54, 1.807) is 0 Å². The first kappa shape index (κ1) is 23.6. The second-order valence-corrected chi connectivity index (χ2v) is 9.02. The number of halogens is 6. The molecule has 0 aliphatic carbocycles. The minimum absolute atomic E-state index is 0.0311. The molecule has 2 N–H and O–H groups in total. The summed E-state index contributed by atoms with van der Waals surface area (Å²) in [7, 11) is 0. The normalized spacial score (nSPS) is 14.6. The summed E-state index contributed by atoms with van der Waals surface area (Å²) < 4.78 is 56.1. The number of hydrogen-bond donors (Lipinski definition) is 2. The predicted molar refractivity (Wildman–Crippen MR) is 112 cm³/mol. The highest BCUT2D eigenvalue weighted by Gasteiger charge is 2.56. The van der Waals surface area contributed by atoms with Crippen molar-refractivity contribution < 1.29 is 27.8 Å². The molecule has 1 aromatic heterocycles. The fourth-order valence-electron chi connectivity index (χ4n) is 3.83. The van der Waals surface area contributed by atoms with Crippen LogP contribution in [-0.4, -0.2) is 27.0 Å². The molecule has 0 radical (unpaired) electrons. The number of benzene rings is 2. The molecule has 9 heteroatoms. The van der Waals surface area contributed by atoms with Crippen LogP contribution in [0.2, 0.25) is 10.2 Å². The van der Waals surface area contributed by atoms with Crippen molar-refractivity contribution in [3.05, 3.63) is 69.6 Å². The summed E-state index contributed by atoms with van der Waals surface area (Å²) in [4.78, 5) is 4.08. The van der Waals surface area contributed by atoms with Crippen molar-refractivity contribution in [3.8, 4) is 5.75 Å². The monoisotopic (exact) mass is 475 g/mol. The lowest BCUT2D eigenvalue weighted by Crippen LogP contribution is -2.50. The summed E-state index contributed by atoms with van der Waals surface area (Å²) in [6.45, 7) is 2.79. The zero-order valence-corrected chi connectivity index (χ0v) is 18.1. The molecule has 0 fully saturated rings. The van der Waals surface area contributed by atoms with Crippen LogP contribution >= 0.6 is 23.2 Å². The summed E-state index contributed by atoms with van der Waals surface area (Å²) in [5.74, 6) is -1.07. The number of aromatic hydroxyl groups is 1. The molecule has 0 spiro atoms. The molecule has 0 aliphatic rings. The van der Waals surface area contributed by atoms with Crippen LogP contribution in [0.25, 0.3) is 10.9 Å². The van der Waals surface area contributed by atoms with Crippen LogP contribution in [-0.2, 0) is 11.8 Å². The number of rotatable bonds is 5. The maximum absolute atomic E-state index is 14.1. The Labute approximate surface area is 186 Å². The average molecular weight is 476 g/mol. The summed E-state index contributed by atoms with van der Waals surface area (Å²) in [5.41, 5.74) is -4.25. The van der Waals surface area contributed by atoms with Gasteiger partial charge in [0.1, 0.15) is 16.7 Å². The van der Waals surface area contributed by atoms with E-state index in [-0.39, 0.29) is 22.0 Å². The number of phenolic OH excluding ortho intramolecular Hbond substituents is 1. The topological polar surface area (TPSA) is 53.4 Å². The van der Waals surface area contributed by atoms with Gasteiger partial charge < -0.3 is 10.2 Å². The number of pyridine rings is 1. The van der Waals surface area contributed by atoms with Crippen LogP contribution < -0.4 is 0 Å². The summed E-state index contributed by atoms with van der Waals surface area (Å²) in [5, 5.41) is 21.6. The Morgan fingerprint density at radius 1 is 1.00 bits per heavy atom. The van der Waals surface area contributed by atoms with Gasteiger partial charge in [0.2, 0.25) is 0 Å². The summed E-state index contributed by atoms with van der Waals surface area (Å²) in [6, 6.07) is 8.79. The van der Waals surface area contributed by atoms with Crippen LogP contribution in [0, 0.1) is 5.82 Å². The third-order valence-corrected chi connectivity index (χ3v) is 5.69. The molecule has 3 nitrogen and oxygen atoms in total. The number of fused-ring (bicyclic) bond motifs is 1. The Hall–Kier alpha value is -2.09. The van der Waals surface area contributed by atoms with Crippen molar-refractivity contribution in [2.45, 2.75) is 43.9 Å². The van der Waals surface area contributed by atoms with Crippen molar-refractivity contribution >= 4 is 34.1 Å². The fourth-order valence-corrected chi connectivity index (χ4v) is 4.23. The number of phenols is 1. The quantitative estimate of drug-likeness (QED) is 0.323. The standard InChI is InChI=1S/C22H19Cl2F4NO2/c1-20(2,16-9-14(25)4-6-18(16)30)11-21(31,22(26,27)28)10-12-7-19(24)29-17-5-3-13(23)8-15(12)17/h3-9,30-31H,10-11H2,1-2H3. The second kappa shape index (κ2) is 8.11. The van der Waals surface area contributed by atoms with Crippen molar-refractivity contribution in [3.63, 3.8) is 0 Å². The molecule has 31 heavy (non-hydrogen) atoms. The van der Waals surface area contributed by atoms with Crippen LogP contribution in [0.4, 0.5) is 17.6 Å². The molecule has 1 heterocycles. The van der Waals surface area contributed by atoms with Crippen molar-refractivity contribution in [2.75, 3.05) is 0 Å². The number of nitrogens with zero attached hydrogens (tertiary/aromatic N) is 1. The van der Waals surface area contributed by atoms with E-state index in [1.165, 1.54) is 38.1 Å². The average Bonchev–Trinajstić information content (AvgIpc) is 2.62. The molecule has 0 amide bonds. The van der Waals surface area contributed by atoms with E-state index in [4.69, 9.17) is 23.2 Å². The first-order valence-corrected chi connectivity index (χ1v) is 10.0. The highest BCUT2D eigenvalue weighted by molar-refractivity contribution is 6.31. The Bertz CT molecular complexity index is 1130. The van der Waals surface area contributed by atoms with E-state index in [1.807, 2.05) is 0 Å².